The number of halogens is 1. The first-order valence-corrected chi connectivity index (χ1v) is 7.33. The van der Waals surface area contributed by atoms with Gasteiger partial charge in [-0.1, -0.05) is 11.6 Å². The number of rotatable bonds is 2. The highest BCUT2D eigenvalue weighted by atomic mass is 35.5. The van der Waals surface area contributed by atoms with Crippen molar-refractivity contribution in [2.24, 2.45) is 4.99 Å². The molecule has 0 fully saturated rings. The second-order valence-corrected chi connectivity index (χ2v) is 7.07. The van der Waals surface area contributed by atoms with Crippen molar-refractivity contribution < 1.29 is 14.3 Å². The van der Waals surface area contributed by atoms with Gasteiger partial charge in [0.05, 0.1) is 23.5 Å². The van der Waals surface area contributed by atoms with Crippen LogP contribution in [0.25, 0.3) is 0 Å². The number of carbonyl (C=O) groups excluding carboxylic acids is 1. The maximum Gasteiger partial charge on any atom is 0.412 e. The van der Waals surface area contributed by atoms with Gasteiger partial charge in [0.15, 0.2) is 0 Å². The van der Waals surface area contributed by atoms with Crippen LogP contribution >= 0.6 is 11.6 Å². The van der Waals surface area contributed by atoms with Crippen molar-refractivity contribution in [2.45, 2.75) is 45.8 Å². The second kappa shape index (κ2) is 5.76. The van der Waals surface area contributed by atoms with Crippen molar-refractivity contribution in [1.82, 2.24) is 4.98 Å². The normalized spacial score (nSPS) is 16.7. The lowest BCUT2D eigenvalue weighted by molar-refractivity contribution is 0.0636. The first-order valence-electron chi connectivity index (χ1n) is 6.95. The van der Waals surface area contributed by atoms with E-state index >= 15 is 0 Å². The lowest BCUT2D eigenvalue weighted by Crippen LogP contribution is -2.27. The topological polar surface area (TPSA) is 72.8 Å². The molecule has 1 aromatic rings. The Morgan fingerprint density at radius 2 is 2.14 bits per heavy atom. The highest BCUT2D eigenvalue weighted by Crippen LogP contribution is 2.25. The largest absolute Gasteiger partial charge is 0.468 e. The van der Waals surface area contributed by atoms with E-state index in [1.54, 1.807) is 26.8 Å². The van der Waals surface area contributed by atoms with Gasteiger partial charge in [0.25, 0.3) is 0 Å². The van der Waals surface area contributed by atoms with Crippen LogP contribution in [0, 0.1) is 0 Å². The van der Waals surface area contributed by atoms with Crippen molar-refractivity contribution in [3.8, 4) is 0 Å². The second-order valence-electron chi connectivity index (χ2n) is 6.66. The van der Waals surface area contributed by atoms with E-state index in [1.165, 1.54) is 6.20 Å². The molecule has 0 spiro atoms. The molecule has 0 atom stereocenters. The number of ether oxygens (including phenoxy) is 2. The van der Waals surface area contributed by atoms with Crippen molar-refractivity contribution in [3.63, 3.8) is 0 Å². The third-order valence-electron chi connectivity index (χ3n) is 2.67. The van der Waals surface area contributed by atoms with Gasteiger partial charge in [-0.05, 0) is 40.7 Å². The SMILES string of the molecule is CC(C)(C)OC(=O)Nc1cnc(C2=NCC(C)(C)O2)c(Cl)c1. The number of hydrogen-bond acceptors (Lipinski definition) is 5. The average molecular weight is 326 g/mol. The van der Waals surface area contributed by atoms with Crippen LogP contribution < -0.4 is 5.32 Å². The molecule has 1 N–H and O–H groups in total. The third-order valence-corrected chi connectivity index (χ3v) is 2.95. The molecule has 0 aromatic carbocycles. The Morgan fingerprint density at radius 3 is 2.64 bits per heavy atom. The van der Waals surface area contributed by atoms with Gasteiger partial charge in [-0.25, -0.2) is 14.8 Å². The number of pyridine rings is 1. The Morgan fingerprint density at radius 1 is 1.45 bits per heavy atom. The van der Waals surface area contributed by atoms with Crippen LogP contribution in [0.1, 0.15) is 40.3 Å². The van der Waals surface area contributed by atoms with E-state index in [4.69, 9.17) is 21.1 Å². The van der Waals surface area contributed by atoms with Gasteiger partial charge in [-0.3, -0.25) is 5.32 Å². The number of aromatic nitrogens is 1. The summed E-state index contributed by atoms with van der Waals surface area (Å²) in [4.78, 5) is 20.2. The number of anilines is 1. The number of nitrogens with one attached hydrogen (secondary N) is 1. The molecule has 7 heteroatoms. The van der Waals surface area contributed by atoms with Gasteiger partial charge < -0.3 is 9.47 Å². The summed E-state index contributed by atoms with van der Waals surface area (Å²) in [5.41, 5.74) is -0.0182. The van der Waals surface area contributed by atoms with Crippen LogP contribution in [0.15, 0.2) is 17.3 Å². The van der Waals surface area contributed by atoms with Crippen molar-refractivity contribution >= 4 is 29.3 Å². The molecule has 0 aliphatic carbocycles. The Labute approximate surface area is 134 Å². The van der Waals surface area contributed by atoms with Crippen LogP contribution in [0.3, 0.4) is 0 Å². The minimum Gasteiger partial charge on any atom is -0.468 e. The summed E-state index contributed by atoms with van der Waals surface area (Å²) in [7, 11) is 0. The summed E-state index contributed by atoms with van der Waals surface area (Å²) in [6.45, 7) is 9.80. The third kappa shape index (κ3) is 4.34. The van der Waals surface area contributed by atoms with E-state index < -0.39 is 11.7 Å². The molecule has 2 heterocycles. The molecule has 6 nitrogen and oxygen atoms in total. The monoisotopic (exact) mass is 325 g/mol. The summed E-state index contributed by atoms with van der Waals surface area (Å²) >= 11 is 6.20. The molecule has 1 aliphatic rings. The first-order chi connectivity index (χ1) is 10.1. The smallest absolute Gasteiger partial charge is 0.412 e. The first kappa shape index (κ1) is 16.5. The standard InChI is InChI=1S/C15H20ClN3O3/c1-14(2,3)22-13(20)19-9-6-10(16)11(17-7-9)12-18-8-15(4,5)21-12/h6-7H,8H2,1-5H3,(H,19,20). The molecule has 22 heavy (non-hydrogen) atoms. The van der Waals surface area contributed by atoms with E-state index in [0.717, 1.165) is 0 Å². The summed E-state index contributed by atoms with van der Waals surface area (Å²) in [6.07, 6.45) is 0.927. The number of amides is 1. The van der Waals surface area contributed by atoms with Crippen molar-refractivity contribution in [1.29, 1.82) is 0 Å². The number of carbonyl (C=O) groups is 1. The molecular formula is C15H20ClN3O3. The van der Waals surface area contributed by atoms with Gasteiger partial charge in [-0.15, -0.1) is 0 Å². The zero-order valence-electron chi connectivity index (χ0n) is 13.4. The highest BCUT2D eigenvalue weighted by molar-refractivity contribution is 6.33. The maximum atomic E-state index is 11.7. The van der Waals surface area contributed by atoms with E-state index in [2.05, 4.69) is 15.3 Å². The molecule has 120 valence electrons. The fourth-order valence-corrected chi connectivity index (χ4v) is 2.04. The lowest BCUT2D eigenvalue weighted by Gasteiger charge is -2.20. The summed E-state index contributed by atoms with van der Waals surface area (Å²) in [5, 5.41) is 2.94. The number of hydrogen-bond donors (Lipinski definition) is 1. The molecule has 0 bridgehead atoms. The van der Waals surface area contributed by atoms with Crippen LogP contribution in [0.4, 0.5) is 10.5 Å². The zero-order chi connectivity index (χ0) is 16.5. The lowest BCUT2D eigenvalue weighted by atomic mass is 10.1. The summed E-state index contributed by atoms with van der Waals surface area (Å²) in [5.74, 6) is 0.416. The molecule has 0 saturated heterocycles. The van der Waals surface area contributed by atoms with Gasteiger partial charge >= 0.3 is 6.09 Å². The van der Waals surface area contributed by atoms with Crippen molar-refractivity contribution in [2.75, 3.05) is 11.9 Å². The van der Waals surface area contributed by atoms with E-state index in [1.807, 2.05) is 13.8 Å². The average Bonchev–Trinajstić information content (AvgIpc) is 2.67. The number of aliphatic imine (C=N–C) groups is 1. The predicted octanol–water partition coefficient (Wildman–Crippen LogP) is 3.64. The fourth-order valence-electron chi connectivity index (χ4n) is 1.80. The van der Waals surface area contributed by atoms with Crippen LogP contribution in [0.5, 0.6) is 0 Å². The minimum atomic E-state index is -0.570. The van der Waals surface area contributed by atoms with Gasteiger partial charge in [-0.2, -0.15) is 0 Å². The van der Waals surface area contributed by atoms with Crippen molar-refractivity contribution in [3.05, 3.63) is 23.0 Å². The predicted molar refractivity (Wildman–Crippen MR) is 85.7 cm³/mol. The molecule has 1 amide bonds. The Bertz CT molecular complexity index is 621. The van der Waals surface area contributed by atoms with E-state index in [9.17, 15) is 4.79 Å². The molecule has 0 radical (unpaired) electrons. The molecule has 0 unspecified atom stereocenters. The van der Waals surface area contributed by atoms with Crippen LogP contribution in [0.2, 0.25) is 5.02 Å². The minimum absolute atomic E-state index is 0.352. The molecular weight excluding hydrogens is 306 g/mol. The molecule has 2 rings (SSSR count). The van der Waals surface area contributed by atoms with Gasteiger partial charge in [0, 0.05) is 0 Å². The van der Waals surface area contributed by atoms with Gasteiger partial charge in [0.2, 0.25) is 5.90 Å². The summed E-state index contributed by atoms with van der Waals surface area (Å²) in [6, 6.07) is 1.59. The molecule has 1 aromatic heterocycles. The van der Waals surface area contributed by atoms with Crippen LogP contribution in [-0.4, -0.2) is 34.7 Å². The Kier molecular flexibility index (Phi) is 4.33. The zero-order valence-corrected chi connectivity index (χ0v) is 14.1. The maximum absolute atomic E-state index is 11.7. The highest BCUT2D eigenvalue weighted by Gasteiger charge is 2.30. The molecule has 1 aliphatic heterocycles. The van der Waals surface area contributed by atoms with E-state index in [-0.39, 0.29) is 5.60 Å². The van der Waals surface area contributed by atoms with Crippen LogP contribution in [-0.2, 0) is 9.47 Å². The number of nitrogens with zero attached hydrogens (tertiary/aromatic N) is 2. The fraction of sp³-hybridized carbons (Fsp3) is 0.533. The van der Waals surface area contributed by atoms with E-state index in [0.29, 0.717) is 28.8 Å². The Balaban J connectivity index is 2.09. The Hall–Kier alpha value is -1.82. The summed E-state index contributed by atoms with van der Waals surface area (Å²) < 4.78 is 10.9. The van der Waals surface area contributed by atoms with Gasteiger partial charge in [0.1, 0.15) is 16.9 Å². The molecule has 0 saturated carbocycles. The quantitative estimate of drug-likeness (QED) is 0.901.